The van der Waals surface area contributed by atoms with Gasteiger partial charge < -0.3 is 15.0 Å². The molecule has 0 spiro atoms. The molecule has 0 aliphatic carbocycles. The average molecular weight is 827 g/mol. The molecule has 1 aliphatic rings. The fraction of sp³-hybridized carbons (Fsp3) is 0.233. The zero-order valence-corrected chi connectivity index (χ0v) is 33.2. The van der Waals surface area contributed by atoms with Crippen molar-refractivity contribution in [3.8, 4) is 16.9 Å². The molecule has 7 rings (SSSR count). The first kappa shape index (κ1) is 40.6. The molecule has 1 amide bonds. The Morgan fingerprint density at radius 1 is 0.828 bits per heavy atom. The molecule has 5 aromatic carbocycles. The Morgan fingerprint density at radius 2 is 1.59 bits per heavy atom. The number of amides is 1. The molecular weight excluding hydrogens is 786 g/mol. The van der Waals surface area contributed by atoms with Crippen LogP contribution in [0.5, 0.6) is 5.75 Å². The van der Waals surface area contributed by atoms with Gasteiger partial charge in [0, 0.05) is 55.6 Å². The Bertz CT molecular complexity index is 2480. The van der Waals surface area contributed by atoms with Crippen molar-refractivity contribution in [1.29, 1.82) is 0 Å². The minimum absolute atomic E-state index is 0.202. The fourth-order valence-electron chi connectivity index (χ4n) is 6.85. The van der Waals surface area contributed by atoms with E-state index in [1.807, 2.05) is 65.1 Å². The molecule has 58 heavy (non-hydrogen) atoms. The summed E-state index contributed by atoms with van der Waals surface area (Å²) in [5.74, 6) is 0.719. The van der Waals surface area contributed by atoms with Crippen molar-refractivity contribution in [1.82, 2.24) is 19.8 Å². The van der Waals surface area contributed by atoms with Gasteiger partial charge in [-0.15, -0.1) is 22.0 Å². The van der Waals surface area contributed by atoms with Crippen LogP contribution < -0.4 is 19.7 Å². The molecular formula is C43H41F3N6O4S2. The zero-order valence-electron chi connectivity index (χ0n) is 31.6. The molecule has 1 aromatic heterocycles. The summed E-state index contributed by atoms with van der Waals surface area (Å²) in [5, 5.41) is 13.2. The molecule has 0 saturated carbocycles. The number of rotatable bonds is 14. The molecule has 2 N–H and O–H groups in total. The number of nitrogens with zero attached hydrogens (tertiary/aromatic N) is 4. The molecule has 0 atom stereocenters. The second-order valence-corrected chi connectivity index (χ2v) is 16.4. The first-order valence-electron chi connectivity index (χ1n) is 18.7. The highest BCUT2D eigenvalue weighted by Crippen LogP contribution is 2.37. The lowest BCUT2D eigenvalue weighted by atomic mass is 9.94. The van der Waals surface area contributed by atoms with E-state index in [2.05, 4.69) is 62.9 Å². The number of anilines is 2. The molecule has 2 heterocycles. The number of halogens is 3. The molecule has 10 nitrogen and oxygen atoms in total. The number of benzene rings is 5. The molecule has 0 bridgehead atoms. The van der Waals surface area contributed by atoms with Gasteiger partial charge in [-0.3, -0.25) is 9.69 Å². The highest BCUT2D eigenvalue weighted by molar-refractivity contribution is 7.99. The maximum Gasteiger partial charge on any atom is 0.418 e. The molecule has 0 unspecified atom stereocenters. The Labute approximate surface area is 339 Å². The van der Waals surface area contributed by atoms with E-state index < -0.39 is 32.6 Å². The minimum Gasteiger partial charge on any atom is -0.494 e. The monoisotopic (exact) mass is 826 g/mol. The zero-order chi connectivity index (χ0) is 40.7. The van der Waals surface area contributed by atoms with Crippen molar-refractivity contribution in [2.24, 2.45) is 0 Å². The third kappa shape index (κ3) is 9.72. The van der Waals surface area contributed by atoms with E-state index in [1.54, 1.807) is 6.07 Å². The van der Waals surface area contributed by atoms with E-state index in [1.165, 1.54) is 34.2 Å². The molecule has 1 aliphatic heterocycles. The highest BCUT2D eigenvalue weighted by atomic mass is 32.2. The number of piperazine rings is 1. The summed E-state index contributed by atoms with van der Waals surface area (Å²) in [6, 6.07) is 35.8. The molecule has 300 valence electrons. The summed E-state index contributed by atoms with van der Waals surface area (Å²) < 4.78 is 75.8. The molecule has 6 aromatic rings. The molecule has 1 saturated heterocycles. The van der Waals surface area contributed by atoms with Crippen LogP contribution in [0.4, 0.5) is 24.7 Å². The van der Waals surface area contributed by atoms with E-state index in [-0.39, 0.29) is 17.9 Å². The van der Waals surface area contributed by atoms with Gasteiger partial charge in [0.1, 0.15) is 5.75 Å². The van der Waals surface area contributed by atoms with Crippen molar-refractivity contribution in [2.45, 2.75) is 29.4 Å². The fourth-order valence-corrected chi connectivity index (χ4v) is 8.62. The predicted octanol–water partition coefficient (Wildman–Crippen LogP) is 8.36. The quantitative estimate of drug-likeness (QED) is 0.0820. The third-order valence-electron chi connectivity index (χ3n) is 9.71. The van der Waals surface area contributed by atoms with Crippen LogP contribution in [0.3, 0.4) is 0 Å². The van der Waals surface area contributed by atoms with E-state index in [0.29, 0.717) is 37.3 Å². The summed E-state index contributed by atoms with van der Waals surface area (Å²) >= 11 is 1.47. The van der Waals surface area contributed by atoms with Gasteiger partial charge in [0.25, 0.3) is 15.9 Å². The SMILES string of the molecule is CCOc1cccc(-c2ccc(CN3CCN(c4ccc(C(=O)NS(=O)(=O)c5ccc(NCCSc6ccccc6)c(C(F)(F)F)c5)nn4)CC3)c3ccccc23)c1. The first-order valence-corrected chi connectivity index (χ1v) is 21.2. The normalized spacial score (nSPS) is 13.7. The smallest absolute Gasteiger partial charge is 0.418 e. The van der Waals surface area contributed by atoms with Crippen LogP contribution in [-0.4, -0.2) is 74.5 Å². The van der Waals surface area contributed by atoms with Gasteiger partial charge in [0.15, 0.2) is 11.5 Å². The van der Waals surface area contributed by atoms with Gasteiger partial charge in [-0.2, -0.15) is 13.2 Å². The van der Waals surface area contributed by atoms with Gasteiger partial charge in [0.05, 0.1) is 17.1 Å². The number of thioether (sulfide) groups is 1. The minimum atomic E-state index is -4.85. The number of nitrogens with one attached hydrogen (secondary N) is 2. The first-order chi connectivity index (χ1) is 28.0. The van der Waals surface area contributed by atoms with Gasteiger partial charge in [-0.05, 0) is 89.0 Å². The van der Waals surface area contributed by atoms with Crippen molar-refractivity contribution in [3.63, 3.8) is 0 Å². The lowest BCUT2D eigenvalue weighted by molar-refractivity contribution is -0.137. The Morgan fingerprint density at radius 3 is 2.31 bits per heavy atom. The van der Waals surface area contributed by atoms with E-state index in [4.69, 9.17) is 4.74 Å². The average Bonchev–Trinajstić information content (AvgIpc) is 3.23. The predicted molar refractivity (Wildman–Crippen MR) is 222 cm³/mol. The third-order valence-corrected chi connectivity index (χ3v) is 12.0. The summed E-state index contributed by atoms with van der Waals surface area (Å²) in [4.78, 5) is 17.6. The number of carbonyl (C=O) groups excluding carboxylic acids is 1. The van der Waals surface area contributed by atoms with E-state index >= 15 is 0 Å². The Kier molecular flexibility index (Phi) is 12.5. The second kappa shape index (κ2) is 17.9. The number of carbonyl (C=O) groups is 1. The largest absolute Gasteiger partial charge is 0.494 e. The number of fused-ring (bicyclic) bond motifs is 1. The topological polar surface area (TPSA) is 117 Å². The van der Waals surface area contributed by atoms with Crippen LogP contribution in [0.15, 0.2) is 131 Å². The van der Waals surface area contributed by atoms with Crippen molar-refractivity contribution < 1.29 is 31.1 Å². The van der Waals surface area contributed by atoms with Crippen LogP contribution in [0.2, 0.25) is 0 Å². The second-order valence-electron chi connectivity index (χ2n) is 13.5. The van der Waals surface area contributed by atoms with Crippen LogP contribution in [0.1, 0.15) is 28.5 Å². The number of sulfonamides is 1. The number of hydrogen-bond donors (Lipinski definition) is 2. The highest BCUT2D eigenvalue weighted by Gasteiger charge is 2.35. The standard InChI is InChI=1S/C43H41F3N6O4S2/c1-2-56-32-10-8-9-30(27-32)36-17-15-31(35-13-6-7-14-37(35)36)29-51-22-24-52(25-23-51)41-20-19-40(48-49-41)42(53)50-58(54,55)34-16-18-39(38(28-34)43(44,45)46)47-21-26-57-33-11-4-3-5-12-33/h3-20,27-28,47H,2,21-26,29H2,1H3,(H,50,53). The maximum absolute atomic E-state index is 14.0. The van der Waals surface area contributed by atoms with Gasteiger partial charge in [0.2, 0.25) is 0 Å². The summed E-state index contributed by atoms with van der Waals surface area (Å²) in [6.45, 7) is 6.31. The number of aromatic nitrogens is 2. The number of hydrogen-bond acceptors (Lipinski definition) is 10. The maximum atomic E-state index is 14.0. The summed E-state index contributed by atoms with van der Waals surface area (Å²) in [5.41, 5.74) is 1.73. The van der Waals surface area contributed by atoms with E-state index in [9.17, 15) is 26.4 Å². The molecule has 0 radical (unpaired) electrons. The van der Waals surface area contributed by atoms with Gasteiger partial charge in [-0.1, -0.05) is 66.7 Å². The lowest BCUT2D eigenvalue weighted by Gasteiger charge is -2.35. The van der Waals surface area contributed by atoms with Gasteiger partial charge in [-0.25, -0.2) is 13.1 Å². The van der Waals surface area contributed by atoms with Crippen LogP contribution in [0, 0.1) is 0 Å². The molecule has 15 heteroatoms. The Balaban J connectivity index is 0.949. The van der Waals surface area contributed by atoms with Crippen molar-refractivity contribution in [2.75, 3.05) is 55.3 Å². The van der Waals surface area contributed by atoms with Crippen molar-refractivity contribution in [3.05, 3.63) is 138 Å². The van der Waals surface area contributed by atoms with Crippen molar-refractivity contribution >= 4 is 50.0 Å². The molecule has 1 fully saturated rings. The Hall–Kier alpha value is -5.64. The number of ether oxygens (including phenoxy) is 1. The van der Waals surface area contributed by atoms with Gasteiger partial charge >= 0.3 is 6.18 Å². The number of alkyl halides is 3. The summed E-state index contributed by atoms with van der Waals surface area (Å²) in [6.07, 6.45) is -4.85. The van der Waals surface area contributed by atoms with E-state index in [0.717, 1.165) is 53.5 Å². The van der Waals surface area contributed by atoms with Crippen LogP contribution in [0.25, 0.3) is 21.9 Å². The van der Waals surface area contributed by atoms with Crippen LogP contribution >= 0.6 is 11.8 Å². The van der Waals surface area contributed by atoms with Crippen LogP contribution in [-0.2, 0) is 22.7 Å². The lowest BCUT2D eigenvalue weighted by Crippen LogP contribution is -2.46. The summed E-state index contributed by atoms with van der Waals surface area (Å²) in [7, 11) is -4.69.